The van der Waals surface area contributed by atoms with Crippen molar-refractivity contribution in [3.63, 3.8) is 0 Å². The molecule has 2 N–H and O–H groups in total. The monoisotopic (exact) mass is 406 g/mol. The van der Waals surface area contributed by atoms with Crippen LogP contribution in [0.5, 0.6) is 0 Å². The molecule has 0 fully saturated rings. The summed E-state index contributed by atoms with van der Waals surface area (Å²) in [7, 11) is 1.85. The van der Waals surface area contributed by atoms with Gasteiger partial charge in [0.05, 0.1) is 10.6 Å². The molecule has 1 amide bonds. The molecule has 0 spiro atoms. The van der Waals surface area contributed by atoms with E-state index < -0.39 is 4.92 Å². The topological polar surface area (TPSA) is 115 Å². The van der Waals surface area contributed by atoms with E-state index in [4.69, 9.17) is 0 Å². The molecule has 4 rings (SSSR count). The average Bonchev–Trinajstić information content (AvgIpc) is 3.07. The summed E-state index contributed by atoms with van der Waals surface area (Å²) >= 11 is 0. The maximum absolute atomic E-state index is 12.9. The van der Waals surface area contributed by atoms with Crippen molar-refractivity contribution in [3.8, 4) is 11.1 Å². The molecule has 3 heterocycles. The highest BCUT2D eigenvalue weighted by Gasteiger charge is 2.23. The number of nitro groups is 1. The third kappa shape index (κ3) is 3.33. The molecule has 2 aromatic heterocycles. The molecule has 154 valence electrons. The van der Waals surface area contributed by atoms with Gasteiger partial charge in [0.2, 0.25) is 0 Å². The van der Waals surface area contributed by atoms with Gasteiger partial charge in [-0.3, -0.25) is 19.9 Å². The molecule has 9 nitrogen and oxygen atoms in total. The second-order valence-corrected chi connectivity index (χ2v) is 7.34. The van der Waals surface area contributed by atoms with Crippen molar-refractivity contribution in [2.24, 2.45) is 7.05 Å². The van der Waals surface area contributed by atoms with Crippen LogP contribution in [-0.4, -0.2) is 31.9 Å². The second-order valence-electron chi connectivity index (χ2n) is 7.34. The van der Waals surface area contributed by atoms with E-state index in [1.54, 1.807) is 19.2 Å². The zero-order valence-electron chi connectivity index (χ0n) is 17.0. The van der Waals surface area contributed by atoms with E-state index >= 15 is 0 Å². The largest absolute Gasteiger partial charge is 0.327 e. The minimum absolute atomic E-state index is 0.0338. The van der Waals surface area contributed by atoms with Crippen molar-refractivity contribution in [1.29, 1.82) is 0 Å². The summed E-state index contributed by atoms with van der Waals surface area (Å²) in [5.41, 5.74) is 5.35. The van der Waals surface area contributed by atoms with Gasteiger partial charge in [-0.05, 0) is 31.0 Å². The van der Waals surface area contributed by atoms with Crippen LogP contribution in [0.4, 0.5) is 11.4 Å². The van der Waals surface area contributed by atoms with Gasteiger partial charge in [0.15, 0.2) is 5.82 Å². The van der Waals surface area contributed by atoms with Gasteiger partial charge in [-0.2, -0.15) is 0 Å². The first kappa shape index (κ1) is 19.7. The molecule has 1 aliphatic rings. The Morgan fingerprint density at radius 1 is 1.23 bits per heavy atom. The molecule has 1 aromatic carbocycles. The lowest BCUT2D eigenvalue weighted by Gasteiger charge is -2.14. The molecule has 0 atom stereocenters. The van der Waals surface area contributed by atoms with Gasteiger partial charge in [-0.25, -0.2) is 4.98 Å². The number of amides is 1. The zero-order chi connectivity index (χ0) is 21.4. The van der Waals surface area contributed by atoms with Crippen molar-refractivity contribution in [3.05, 3.63) is 69.0 Å². The number of imidazole rings is 1. The first-order chi connectivity index (χ1) is 14.4. The van der Waals surface area contributed by atoms with Gasteiger partial charge in [-0.1, -0.05) is 12.1 Å². The van der Waals surface area contributed by atoms with E-state index in [1.807, 2.05) is 30.7 Å². The van der Waals surface area contributed by atoms with Crippen molar-refractivity contribution in [1.82, 2.24) is 19.9 Å². The molecule has 0 aliphatic carbocycles. The van der Waals surface area contributed by atoms with Gasteiger partial charge in [-0.15, -0.1) is 0 Å². The fraction of sp³-hybridized carbons (Fsp3) is 0.286. The Labute approximate surface area is 173 Å². The summed E-state index contributed by atoms with van der Waals surface area (Å²) in [4.78, 5) is 32.3. The summed E-state index contributed by atoms with van der Waals surface area (Å²) in [6.07, 6.45) is 3.69. The predicted octanol–water partition coefficient (Wildman–Crippen LogP) is 2.91. The summed E-state index contributed by atoms with van der Waals surface area (Å²) in [5, 5.41) is 17.5. The van der Waals surface area contributed by atoms with Crippen molar-refractivity contribution < 1.29 is 9.72 Å². The van der Waals surface area contributed by atoms with Gasteiger partial charge in [0.1, 0.15) is 6.20 Å². The lowest BCUT2D eigenvalue weighted by Crippen LogP contribution is -2.24. The summed E-state index contributed by atoms with van der Waals surface area (Å²) in [5.74, 6) is 0.0720. The first-order valence-corrected chi connectivity index (χ1v) is 9.64. The standard InChI is InChI=1S/C21H22N6O3/c1-12-14(15-9-23-11-19(13(15)2)27(29)30)5-4-6-16(12)25-21(28)20-24-17-10-22-8-7-18(17)26(20)3/h4-6,9,11,22H,7-8,10H2,1-3H3,(H,25,28). The maximum atomic E-state index is 12.9. The molecule has 3 aromatic rings. The number of carbonyl (C=O) groups is 1. The zero-order valence-corrected chi connectivity index (χ0v) is 17.0. The molecule has 9 heteroatoms. The van der Waals surface area contributed by atoms with Gasteiger partial charge >= 0.3 is 0 Å². The quantitative estimate of drug-likeness (QED) is 0.508. The lowest BCUT2D eigenvalue weighted by atomic mass is 9.96. The van der Waals surface area contributed by atoms with Gasteiger partial charge < -0.3 is 15.2 Å². The minimum Gasteiger partial charge on any atom is -0.327 e. The van der Waals surface area contributed by atoms with E-state index in [9.17, 15) is 14.9 Å². The predicted molar refractivity (Wildman–Crippen MR) is 112 cm³/mol. The molecule has 0 saturated carbocycles. The molecule has 1 aliphatic heterocycles. The molecule has 30 heavy (non-hydrogen) atoms. The third-order valence-electron chi connectivity index (χ3n) is 5.59. The number of hydrogen-bond acceptors (Lipinski definition) is 6. The highest BCUT2D eigenvalue weighted by Crippen LogP contribution is 2.33. The Morgan fingerprint density at radius 3 is 2.77 bits per heavy atom. The molecular formula is C21H22N6O3. The Bertz CT molecular complexity index is 1170. The molecule has 0 bridgehead atoms. The number of rotatable bonds is 4. The number of carbonyl (C=O) groups excluding carboxylic acids is 1. The highest BCUT2D eigenvalue weighted by molar-refractivity contribution is 6.03. The van der Waals surface area contributed by atoms with Crippen molar-refractivity contribution in [2.45, 2.75) is 26.8 Å². The first-order valence-electron chi connectivity index (χ1n) is 9.64. The minimum atomic E-state index is -0.440. The lowest BCUT2D eigenvalue weighted by molar-refractivity contribution is -0.385. The maximum Gasteiger partial charge on any atom is 0.291 e. The van der Waals surface area contributed by atoms with E-state index in [1.165, 1.54) is 6.20 Å². The number of pyridine rings is 1. The number of nitrogens with zero attached hydrogens (tertiary/aromatic N) is 4. The second kappa shape index (κ2) is 7.68. The Balaban J connectivity index is 1.68. The van der Waals surface area contributed by atoms with Crippen molar-refractivity contribution in [2.75, 3.05) is 11.9 Å². The number of benzene rings is 1. The average molecular weight is 406 g/mol. The van der Waals surface area contributed by atoms with Crippen molar-refractivity contribution >= 4 is 17.3 Å². The van der Waals surface area contributed by atoms with Gasteiger partial charge in [0, 0.05) is 55.3 Å². The molecule has 0 unspecified atom stereocenters. The van der Waals surface area contributed by atoms with E-state index in [0.717, 1.165) is 35.5 Å². The smallest absolute Gasteiger partial charge is 0.291 e. The van der Waals surface area contributed by atoms with Crippen LogP contribution in [0.3, 0.4) is 0 Å². The van der Waals surface area contributed by atoms with Gasteiger partial charge in [0.25, 0.3) is 11.6 Å². The highest BCUT2D eigenvalue weighted by atomic mass is 16.6. The third-order valence-corrected chi connectivity index (χ3v) is 5.59. The Morgan fingerprint density at radius 2 is 2.03 bits per heavy atom. The van der Waals surface area contributed by atoms with Crippen LogP contribution in [-0.2, 0) is 20.0 Å². The van der Waals surface area contributed by atoms with Crippen LogP contribution in [0.25, 0.3) is 11.1 Å². The summed E-state index contributed by atoms with van der Waals surface area (Å²) in [6, 6.07) is 5.48. The van der Waals surface area contributed by atoms with Crippen LogP contribution in [0.15, 0.2) is 30.6 Å². The van der Waals surface area contributed by atoms with E-state index in [-0.39, 0.29) is 11.6 Å². The van der Waals surface area contributed by atoms with Crippen LogP contribution in [0.2, 0.25) is 0 Å². The van der Waals surface area contributed by atoms with Crippen LogP contribution in [0.1, 0.15) is 33.1 Å². The van der Waals surface area contributed by atoms with E-state index in [2.05, 4.69) is 20.6 Å². The Kier molecular flexibility index (Phi) is 5.04. The summed E-state index contributed by atoms with van der Waals surface area (Å²) < 4.78 is 1.85. The van der Waals surface area contributed by atoms with Crippen LogP contribution >= 0.6 is 0 Å². The normalized spacial score (nSPS) is 13.0. The number of hydrogen-bond donors (Lipinski definition) is 2. The van der Waals surface area contributed by atoms with Crippen LogP contribution < -0.4 is 10.6 Å². The SMILES string of the molecule is Cc1c(NC(=O)c2nc3c(n2C)CCNC3)cccc1-c1cncc([N+](=O)[O-])c1C. The van der Waals surface area contributed by atoms with E-state index in [0.29, 0.717) is 29.2 Å². The Hall–Kier alpha value is -3.59. The number of aromatic nitrogens is 3. The molecular weight excluding hydrogens is 384 g/mol. The van der Waals surface area contributed by atoms with Crippen LogP contribution in [0, 0.1) is 24.0 Å². The number of fused-ring (bicyclic) bond motifs is 1. The fourth-order valence-electron chi connectivity index (χ4n) is 3.87. The molecule has 0 radical (unpaired) electrons. The number of anilines is 1. The fourth-order valence-corrected chi connectivity index (χ4v) is 3.87. The molecule has 0 saturated heterocycles. The number of nitrogens with one attached hydrogen (secondary N) is 2. The summed E-state index contributed by atoms with van der Waals surface area (Å²) in [6.45, 7) is 5.10.